The van der Waals surface area contributed by atoms with Crippen molar-refractivity contribution >= 4 is 0 Å². The van der Waals surface area contributed by atoms with Crippen molar-refractivity contribution < 1.29 is 5.11 Å². The number of hydrogen-bond acceptors (Lipinski definition) is 1. The smallest absolute Gasteiger partial charge is 0.0817 e. The summed E-state index contributed by atoms with van der Waals surface area (Å²) in [6, 6.07) is 0. The van der Waals surface area contributed by atoms with Crippen LogP contribution in [0, 0.1) is 5.92 Å². The lowest BCUT2D eigenvalue weighted by Gasteiger charge is -2.05. The van der Waals surface area contributed by atoms with Crippen molar-refractivity contribution in [1.29, 1.82) is 0 Å². The van der Waals surface area contributed by atoms with E-state index in [9.17, 15) is 0 Å². The second-order valence-corrected chi connectivity index (χ2v) is 2.11. The maximum absolute atomic E-state index is 8.97. The van der Waals surface area contributed by atoms with Crippen molar-refractivity contribution in [3.8, 4) is 0 Å². The summed E-state index contributed by atoms with van der Waals surface area (Å²) in [6.45, 7) is 7.23. The molecule has 0 heterocycles. The molecule has 0 aromatic carbocycles. The molecule has 0 bridgehead atoms. The van der Waals surface area contributed by atoms with Gasteiger partial charge in [-0.15, -0.1) is 5.73 Å². The van der Waals surface area contributed by atoms with E-state index in [1.54, 1.807) is 6.08 Å². The molecule has 0 spiro atoms. The largest absolute Gasteiger partial charge is 0.388 e. The molecule has 0 saturated carbocycles. The summed E-state index contributed by atoms with van der Waals surface area (Å²) >= 11 is 0. The lowest BCUT2D eigenvalue weighted by Crippen LogP contribution is -2.09. The zero-order chi connectivity index (χ0) is 6.57. The summed E-state index contributed by atoms with van der Waals surface area (Å²) in [5.74, 6) is 0.268. The summed E-state index contributed by atoms with van der Waals surface area (Å²) in [6.07, 6.45) is 1.18. The maximum atomic E-state index is 8.97. The van der Waals surface area contributed by atoms with Gasteiger partial charge in [0.25, 0.3) is 0 Å². The van der Waals surface area contributed by atoms with Gasteiger partial charge in [-0.1, -0.05) is 20.4 Å². The van der Waals surface area contributed by atoms with Crippen LogP contribution in [-0.2, 0) is 0 Å². The fourth-order valence-corrected chi connectivity index (χ4v) is 0.313. The summed E-state index contributed by atoms with van der Waals surface area (Å²) in [5.41, 5.74) is 2.52. The highest BCUT2D eigenvalue weighted by molar-refractivity contribution is 4.85. The SMILES string of the molecule is C=C=C[C@@H](O)C(C)C. The van der Waals surface area contributed by atoms with Crippen LogP contribution in [-0.4, -0.2) is 11.2 Å². The summed E-state index contributed by atoms with van der Waals surface area (Å²) in [7, 11) is 0. The molecule has 1 nitrogen and oxygen atoms in total. The van der Waals surface area contributed by atoms with Gasteiger partial charge in [0.05, 0.1) is 6.10 Å². The third-order valence-electron chi connectivity index (χ3n) is 0.972. The second kappa shape index (κ2) is 3.48. The lowest BCUT2D eigenvalue weighted by atomic mass is 10.1. The molecule has 8 heavy (non-hydrogen) atoms. The molecule has 0 radical (unpaired) electrons. The van der Waals surface area contributed by atoms with E-state index in [0.717, 1.165) is 0 Å². The Bertz CT molecular complexity index is 99.0. The Labute approximate surface area is 50.3 Å². The first kappa shape index (κ1) is 7.48. The molecule has 1 heteroatoms. The summed E-state index contributed by atoms with van der Waals surface area (Å²) in [4.78, 5) is 0. The quantitative estimate of drug-likeness (QED) is 0.534. The van der Waals surface area contributed by atoms with Gasteiger partial charge in [-0.3, -0.25) is 0 Å². The first-order chi connectivity index (χ1) is 3.68. The van der Waals surface area contributed by atoms with Crippen LogP contribution in [0.2, 0.25) is 0 Å². The highest BCUT2D eigenvalue weighted by atomic mass is 16.3. The van der Waals surface area contributed by atoms with Crippen molar-refractivity contribution in [1.82, 2.24) is 0 Å². The molecule has 0 fully saturated rings. The number of rotatable bonds is 2. The first-order valence-electron chi connectivity index (χ1n) is 2.72. The van der Waals surface area contributed by atoms with Gasteiger partial charge >= 0.3 is 0 Å². The topological polar surface area (TPSA) is 20.2 Å². The molecule has 0 aromatic heterocycles. The van der Waals surface area contributed by atoms with Gasteiger partial charge in [-0.05, 0) is 12.0 Å². The molecule has 0 aliphatic rings. The van der Waals surface area contributed by atoms with Crippen molar-refractivity contribution in [2.75, 3.05) is 0 Å². The van der Waals surface area contributed by atoms with E-state index in [0.29, 0.717) is 0 Å². The van der Waals surface area contributed by atoms with E-state index in [-0.39, 0.29) is 12.0 Å². The second-order valence-electron chi connectivity index (χ2n) is 2.11. The fourth-order valence-electron chi connectivity index (χ4n) is 0.313. The van der Waals surface area contributed by atoms with Gasteiger partial charge in [-0.2, -0.15) is 0 Å². The molecule has 1 atom stereocenters. The molecule has 0 rings (SSSR count). The van der Waals surface area contributed by atoms with Crippen LogP contribution in [0.4, 0.5) is 0 Å². The van der Waals surface area contributed by atoms with Gasteiger partial charge in [0.1, 0.15) is 0 Å². The zero-order valence-corrected chi connectivity index (χ0v) is 5.39. The Balaban J connectivity index is 3.63. The Morgan fingerprint density at radius 3 is 2.25 bits per heavy atom. The highest BCUT2D eigenvalue weighted by Crippen LogP contribution is 2.00. The van der Waals surface area contributed by atoms with Gasteiger partial charge in [0.15, 0.2) is 0 Å². The molecule has 0 aliphatic carbocycles. The Hall–Kier alpha value is -0.520. The molecular formula is C7H12O. The molecular weight excluding hydrogens is 100 g/mol. The third kappa shape index (κ3) is 2.62. The van der Waals surface area contributed by atoms with E-state index >= 15 is 0 Å². The zero-order valence-electron chi connectivity index (χ0n) is 5.39. The van der Waals surface area contributed by atoms with Crippen LogP contribution in [0.15, 0.2) is 18.4 Å². The van der Waals surface area contributed by atoms with Crippen LogP contribution >= 0.6 is 0 Å². The van der Waals surface area contributed by atoms with Crippen LogP contribution in [0.25, 0.3) is 0 Å². The van der Waals surface area contributed by atoms with E-state index in [4.69, 9.17) is 5.11 Å². The number of aliphatic hydroxyl groups is 1. The van der Waals surface area contributed by atoms with Crippen LogP contribution < -0.4 is 0 Å². The van der Waals surface area contributed by atoms with Crippen molar-refractivity contribution in [3.63, 3.8) is 0 Å². The Morgan fingerprint density at radius 2 is 2.12 bits per heavy atom. The molecule has 0 aliphatic heterocycles. The van der Waals surface area contributed by atoms with Gasteiger partial charge in [0.2, 0.25) is 0 Å². The average molecular weight is 112 g/mol. The predicted octanol–water partition coefficient (Wildman–Crippen LogP) is 1.34. The van der Waals surface area contributed by atoms with E-state index in [1.165, 1.54) is 0 Å². The van der Waals surface area contributed by atoms with Crippen molar-refractivity contribution in [2.24, 2.45) is 5.92 Å². The van der Waals surface area contributed by atoms with E-state index < -0.39 is 0 Å². The van der Waals surface area contributed by atoms with Crippen LogP contribution in [0.5, 0.6) is 0 Å². The summed E-state index contributed by atoms with van der Waals surface area (Å²) < 4.78 is 0. The minimum Gasteiger partial charge on any atom is -0.388 e. The predicted molar refractivity (Wildman–Crippen MR) is 34.6 cm³/mol. The van der Waals surface area contributed by atoms with E-state index in [2.05, 4.69) is 12.3 Å². The summed E-state index contributed by atoms with van der Waals surface area (Å²) in [5, 5.41) is 8.97. The van der Waals surface area contributed by atoms with Crippen molar-refractivity contribution in [2.45, 2.75) is 20.0 Å². The van der Waals surface area contributed by atoms with E-state index in [1.807, 2.05) is 13.8 Å². The first-order valence-corrected chi connectivity index (χ1v) is 2.72. The Morgan fingerprint density at radius 1 is 1.62 bits per heavy atom. The molecule has 46 valence electrons. The minimum absolute atomic E-state index is 0.268. The molecule has 0 amide bonds. The standard InChI is InChI=1S/C7H12O/c1-4-5-7(8)6(2)3/h5-8H,1H2,2-3H3/t7-/m1/s1. The minimum atomic E-state index is -0.382. The number of aliphatic hydroxyl groups excluding tert-OH is 1. The average Bonchev–Trinajstić information content (AvgIpc) is 1.67. The highest BCUT2D eigenvalue weighted by Gasteiger charge is 2.01. The number of hydrogen-bond donors (Lipinski definition) is 1. The molecule has 0 saturated heterocycles. The van der Waals surface area contributed by atoms with Gasteiger partial charge in [0, 0.05) is 0 Å². The van der Waals surface area contributed by atoms with Crippen LogP contribution in [0.3, 0.4) is 0 Å². The lowest BCUT2D eigenvalue weighted by molar-refractivity contribution is 0.172. The fraction of sp³-hybridized carbons (Fsp3) is 0.571. The van der Waals surface area contributed by atoms with Crippen LogP contribution in [0.1, 0.15) is 13.8 Å². The molecule has 1 N–H and O–H groups in total. The maximum Gasteiger partial charge on any atom is 0.0817 e. The van der Waals surface area contributed by atoms with Gasteiger partial charge < -0.3 is 5.11 Å². The Kier molecular flexibility index (Phi) is 3.25. The van der Waals surface area contributed by atoms with Crippen molar-refractivity contribution in [3.05, 3.63) is 18.4 Å². The molecule has 0 aromatic rings. The molecule has 0 unspecified atom stereocenters. The van der Waals surface area contributed by atoms with Gasteiger partial charge in [-0.25, -0.2) is 0 Å². The third-order valence-corrected chi connectivity index (χ3v) is 0.972. The monoisotopic (exact) mass is 112 g/mol. The normalized spacial score (nSPS) is 13.0.